The monoisotopic (exact) mass is 236 g/mol. The maximum absolute atomic E-state index is 10.9. The van der Waals surface area contributed by atoms with Crippen LogP contribution in [-0.4, -0.2) is 29.0 Å². The zero-order valence-corrected chi connectivity index (χ0v) is 9.74. The fraction of sp³-hybridized carbons (Fsp3) is 0.545. The van der Waals surface area contributed by atoms with Gasteiger partial charge in [-0.15, -0.1) is 0 Å². The Bertz CT molecular complexity index is 414. The number of hydrogen-bond donors (Lipinski definition) is 1. The van der Waals surface area contributed by atoms with Gasteiger partial charge in [-0.25, -0.2) is 0 Å². The summed E-state index contributed by atoms with van der Waals surface area (Å²) in [6, 6.07) is 1.76. The molecule has 6 nitrogen and oxygen atoms in total. The van der Waals surface area contributed by atoms with Gasteiger partial charge in [0.1, 0.15) is 11.9 Å². The molecule has 2 rings (SSSR count). The van der Waals surface area contributed by atoms with Crippen LogP contribution in [0.4, 0.5) is 11.4 Å². The lowest BCUT2D eigenvalue weighted by molar-refractivity contribution is -0.384. The fourth-order valence-corrected chi connectivity index (χ4v) is 2.38. The molecule has 92 valence electrons. The number of aromatic nitrogens is 1. The first-order valence-corrected chi connectivity index (χ1v) is 5.67. The molecule has 1 fully saturated rings. The maximum Gasteiger partial charge on any atom is 0.310 e. The highest BCUT2D eigenvalue weighted by atomic mass is 16.6. The summed E-state index contributed by atoms with van der Waals surface area (Å²) in [5.74, 6) is 0.450. The lowest BCUT2D eigenvalue weighted by Gasteiger charge is -2.35. The van der Waals surface area contributed by atoms with Crippen LogP contribution < -0.4 is 10.6 Å². The second-order valence-electron chi connectivity index (χ2n) is 4.63. The van der Waals surface area contributed by atoms with E-state index in [0.29, 0.717) is 18.2 Å². The highest BCUT2D eigenvalue weighted by Gasteiger charge is 2.26. The van der Waals surface area contributed by atoms with Crippen LogP contribution in [0.1, 0.15) is 13.3 Å². The third-order valence-electron chi connectivity index (χ3n) is 3.01. The number of nitrogens with two attached hydrogens (primary N) is 1. The lowest BCUT2D eigenvalue weighted by atomic mass is 9.96. The highest BCUT2D eigenvalue weighted by molar-refractivity contribution is 5.62. The van der Waals surface area contributed by atoms with E-state index in [1.54, 1.807) is 12.3 Å². The quantitative estimate of drug-likeness (QED) is 0.615. The SMILES string of the molecule is C[C@@H]1C[C@H](N)CN(c2ccncc2[N+](=O)[O-])C1. The van der Waals surface area contributed by atoms with Gasteiger partial charge in [0.2, 0.25) is 0 Å². The molecule has 1 aromatic heterocycles. The molecule has 0 amide bonds. The van der Waals surface area contributed by atoms with E-state index in [2.05, 4.69) is 11.9 Å². The van der Waals surface area contributed by atoms with Crippen LogP contribution >= 0.6 is 0 Å². The van der Waals surface area contributed by atoms with Crippen molar-refractivity contribution in [3.63, 3.8) is 0 Å². The predicted molar refractivity (Wildman–Crippen MR) is 64.9 cm³/mol. The summed E-state index contributed by atoms with van der Waals surface area (Å²) in [7, 11) is 0. The molecular weight excluding hydrogens is 220 g/mol. The molecule has 0 aromatic carbocycles. The van der Waals surface area contributed by atoms with Crippen LogP contribution in [0.3, 0.4) is 0 Å². The third kappa shape index (κ3) is 2.52. The molecule has 6 heteroatoms. The summed E-state index contributed by atoms with van der Waals surface area (Å²) in [5.41, 5.74) is 6.62. The first-order chi connectivity index (χ1) is 8.08. The normalized spacial score (nSPS) is 24.7. The largest absolute Gasteiger partial charge is 0.364 e. The molecule has 2 atom stereocenters. The second-order valence-corrected chi connectivity index (χ2v) is 4.63. The lowest BCUT2D eigenvalue weighted by Crippen LogP contribution is -2.46. The van der Waals surface area contributed by atoms with Crippen LogP contribution in [0.2, 0.25) is 0 Å². The minimum Gasteiger partial charge on any atom is -0.364 e. The molecule has 1 aromatic rings. The molecule has 0 radical (unpaired) electrons. The van der Waals surface area contributed by atoms with Gasteiger partial charge in [0, 0.05) is 25.3 Å². The number of pyridine rings is 1. The maximum atomic E-state index is 10.9. The van der Waals surface area contributed by atoms with Crippen molar-refractivity contribution in [1.29, 1.82) is 0 Å². The van der Waals surface area contributed by atoms with Crippen molar-refractivity contribution < 1.29 is 4.92 Å². The summed E-state index contributed by atoms with van der Waals surface area (Å²) in [6.45, 7) is 3.58. The van der Waals surface area contributed by atoms with E-state index in [1.807, 2.05) is 4.90 Å². The molecule has 0 aliphatic carbocycles. The van der Waals surface area contributed by atoms with Gasteiger partial charge < -0.3 is 10.6 Å². The Balaban J connectivity index is 2.30. The average molecular weight is 236 g/mol. The average Bonchev–Trinajstić information content (AvgIpc) is 2.27. The van der Waals surface area contributed by atoms with Crippen molar-refractivity contribution >= 4 is 11.4 Å². The van der Waals surface area contributed by atoms with Gasteiger partial charge in [-0.1, -0.05) is 6.92 Å². The minimum absolute atomic E-state index is 0.0498. The van der Waals surface area contributed by atoms with Gasteiger partial charge in [-0.2, -0.15) is 0 Å². The van der Waals surface area contributed by atoms with Gasteiger partial charge in [-0.05, 0) is 18.4 Å². The molecule has 1 saturated heterocycles. The summed E-state index contributed by atoms with van der Waals surface area (Å²) < 4.78 is 0. The standard InChI is InChI=1S/C11H16N4O2/c1-8-4-9(12)7-14(6-8)10-2-3-13-5-11(10)15(16)17/h2-3,5,8-9H,4,6-7,12H2,1H3/t8-,9+/m1/s1. The van der Waals surface area contributed by atoms with Crippen LogP contribution in [0.25, 0.3) is 0 Å². The number of hydrogen-bond acceptors (Lipinski definition) is 5. The Labute approximate surface area is 99.6 Å². The second kappa shape index (κ2) is 4.67. The third-order valence-corrected chi connectivity index (χ3v) is 3.01. The van der Waals surface area contributed by atoms with Gasteiger partial charge in [0.25, 0.3) is 0 Å². The van der Waals surface area contributed by atoms with Crippen LogP contribution in [0, 0.1) is 16.0 Å². The molecular formula is C11H16N4O2. The van der Waals surface area contributed by atoms with Gasteiger partial charge in [0.05, 0.1) is 4.92 Å². The van der Waals surface area contributed by atoms with E-state index in [9.17, 15) is 10.1 Å². The number of nitro groups is 1. The van der Waals surface area contributed by atoms with Crippen molar-refractivity contribution in [2.45, 2.75) is 19.4 Å². The number of anilines is 1. The molecule has 0 saturated carbocycles. The Kier molecular flexibility index (Phi) is 3.23. The summed E-state index contributed by atoms with van der Waals surface area (Å²) in [6.07, 6.45) is 3.84. The smallest absolute Gasteiger partial charge is 0.310 e. The van der Waals surface area contributed by atoms with E-state index in [1.165, 1.54) is 6.20 Å². The van der Waals surface area contributed by atoms with Crippen molar-refractivity contribution in [3.8, 4) is 0 Å². The summed E-state index contributed by atoms with van der Waals surface area (Å²) in [4.78, 5) is 16.3. The topological polar surface area (TPSA) is 85.3 Å². The Morgan fingerprint density at radius 1 is 1.59 bits per heavy atom. The first-order valence-electron chi connectivity index (χ1n) is 5.67. The number of rotatable bonds is 2. The van der Waals surface area contributed by atoms with Gasteiger partial charge in [0.15, 0.2) is 0 Å². The van der Waals surface area contributed by atoms with Crippen molar-refractivity contribution in [2.24, 2.45) is 11.7 Å². The van der Waals surface area contributed by atoms with Crippen molar-refractivity contribution in [3.05, 3.63) is 28.6 Å². The predicted octanol–water partition coefficient (Wildman–Crippen LogP) is 1.16. The Morgan fingerprint density at radius 2 is 2.35 bits per heavy atom. The summed E-state index contributed by atoms with van der Waals surface area (Å²) in [5, 5.41) is 10.9. The van der Waals surface area contributed by atoms with E-state index < -0.39 is 4.92 Å². The molecule has 2 heterocycles. The number of nitrogens with zero attached hydrogens (tertiary/aromatic N) is 3. The molecule has 2 N–H and O–H groups in total. The van der Waals surface area contributed by atoms with E-state index in [4.69, 9.17) is 5.73 Å². The number of piperidine rings is 1. The zero-order chi connectivity index (χ0) is 12.4. The molecule has 1 aliphatic heterocycles. The molecule has 0 spiro atoms. The van der Waals surface area contributed by atoms with E-state index >= 15 is 0 Å². The Morgan fingerprint density at radius 3 is 3.00 bits per heavy atom. The van der Waals surface area contributed by atoms with Gasteiger partial charge in [-0.3, -0.25) is 15.1 Å². The molecule has 17 heavy (non-hydrogen) atoms. The van der Waals surface area contributed by atoms with Gasteiger partial charge >= 0.3 is 5.69 Å². The van der Waals surface area contributed by atoms with Crippen LogP contribution in [0.5, 0.6) is 0 Å². The minimum atomic E-state index is -0.396. The fourth-order valence-electron chi connectivity index (χ4n) is 2.38. The summed E-state index contributed by atoms with van der Waals surface area (Å²) >= 11 is 0. The highest BCUT2D eigenvalue weighted by Crippen LogP contribution is 2.29. The van der Waals surface area contributed by atoms with Crippen LogP contribution in [0.15, 0.2) is 18.5 Å². The first kappa shape index (κ1) is 11.8. The zero-order valence-electron chi connectivity index (χ0n) is 9.74. The van der Waals surface area contributed by atoms with E-state index in [0.717, 1.165) is 13.0 Å². The molecule has 0 unspecified atom stereocenters. The Hall–Kier alpha value is -1.69. The molecule has 0 bridgehead atoms. The van der Waals surface area contributed by atoms with E-state index in [-0.39, 0.29) is 11.7 Å². The van der Waals surface area contributed by atoms with Crippen molar-refractivity contribution in [1.82, 2.24) is 4.98 Å². The van der Waals surface area contributed by atoms with Crippen molar-refractivity contribution in [2.75, 3.05) is 18.0 Å². The van der Waals surface area contributed by atoms with Crippen LogP contribution in [-0.2, 0) is 0 Å². The molecule has 1 aliphatic rings.